The van der Waals surface area contributed by atoms with Crippen LogP contribution in [-0.4, -0.2) is 11.5 Å². The maximum atomic E-state index is 6.11. The fourth-order valence-corrected chi connectivity index (χ4v) is 2.35. The van der Waals surface area contributed by atoms with Crippen molar-refractivity contribution in [3.05, 3.63) is 47.0 Å². The van der Waals surface area contributed by atoms with Crippen molar-refractivity contribution >= 4 is 16.5 Å². The molecule has 3 N–H and O–H groups in total. The van der Waals surface area contributed by atoms with E-state index in [4.69, 9.17) is 5.73 Å². The van der Waals surface area contributed by atoms with Gasteiger partial charge < -0.3 is 11.1 Å². The molecule has 0 aliphatic rings. The van der Waals surface area contributed by atoms with Gasteiger partial charge in [-0.1, -0.05) is 30.3 Å². The van der Waals surface area contributed by atoms with Gasteiger partial charge in [0.05, 0.1) is 5.69 Å². The molecule has 4 heteroatoms. The Kier molecular flexibility index (Phi) is 4.12. The molecular formula is C13H17N3S. The molecule has 0 spiro atoms. The van der Waals surface area contributed by atoms with Crippen LogP contribution in [0.2, 0.25) is 0 Å². The van der Waals surface area contributed by atoms with Gasteiger partial charge in [-0.15, -0.1) is 11.3 Å². The Labute approximate surface area is 106 Å². The lowest BCUT2D eigenvalue weighted by atomic mass is 10.1. The minimum Gasteiger partial charge on any atom is -0.361 e. The zero-order valence-electron chi connectivity index (χ0n) is 9.89. The number of anilines is 1. The van der Waals surface area contributed by atoms with Gasteiger partial charge in [-0.2, -0.15) is 0 Å². The third kappa shape index (κ3) is 3.54. The van der Waals surface area contributed by atoms with Gasteiger partial charge in [0.15, 0.2) is 5.13 Å². The van der Waals surface area contributed by atoms with Crippen LogP contribution in [0.5, 0.6) is 0 Å². The molecule has 1 aromatic heterocycles. The van der Waals surface area contributed by atoms with E-state index in [-0.39, 0.29) is 6.04 Å². The van der Waals surface area contributed by atoms with Gasteiger partial charge in [-0.3, -0.25) is 0 Å². The lowest BCUT2D eigenvalue weighted by molar-refractivity contribution is 0.675. The van der Waals surface area contributed by atoms with Crippen LogP contribution in [0.3, 0.4) is 0 Å². The Hall–Kier alpha value is -1.39. The fourth-order valence-electron chi connectivity index (χ4n) is 1.64. The molecule has 1 heterocycles. The topological polar surface area (TPSA) is 50.9 Å². The van der Waals surface area contributed by atoms with E-state index in [2.05, 4.69) is 22.4 Å². The summed E-state index contributed by atoms with van der Waals surface area (Å²) < 4.78 is 0. The van der Waals surface area contributed by atoms with E-state index < -0.39 is 0 Å². The van der Waals surface area contributed by atoms with Gasteiger partial charge in [0, 0.05) is 18.0 Å². The predicted octanol–water partition coefficient (Wildman–Crippen LogP) is 2.95. The lowest BCUT2D eigenvalue weighted by Gasteiger charge is -2.11. The predicted molar refractivity (Wildman–Crippen MR) is 73.3 cm³/mol. The van der Waals surface area contributed by atoms with Gasteiger partial charge in [0.2, 0.25) is 0 Å². The van der Waals surface area contributed by atoms with E-state index in [1.54, 1.807) is 11.3 Å². The first-order valence-corrected chi connectivity index (χ1v) is 6.60. The number of nitrogens with two attached hydrogens (primary N) is 1. The minimum absolute atomic E-state index is 0.0877. The summed E-state index contributed by atoms with van der Waals surface area (Å²) >= 11 is 1.63. The van der Waals surface area contributed by atoms with Crippen LogP contribution >= 0.6 is 11.3 Å². The Balaban J connectivity index is 1.79. The van der Waals surface area contributed by atoms with Crippen LogP contribution in [-0.2, 0) is 0 Å². The van der Waals surface area contributed by atoms with Gasteiger partial charge in [-0.05, 0) is 18.9 Å². The summed E-state index contributed by atoms with van der Waals surface area (Å²) in [5, 5.41) is 6.31. The number of rotatable bonds is 5. The van der Waals surface area contributed by atoms with Crippen molar-refractivity contribution in [3.63, 3.8) is 0 Å². The zero-order chi connectivity index (χ0) is 12.1. The van der Waals surface area contributed by atoms with Crippen molar-refractivity contribution in [2.75, 3.05) is 11.9 Å². The molecule has 0 bridgehead atoms. The van der Waals surface area contributed by atoms with E-state index in [0.29, 0.717) is 0 Å². The molecule has 2 aromatic rings. The molecule has 1 unspecified atom stereocenters. The lowest BCUT2D eigenvalue weighted by Crippen LogP contribution is -2.15. The third-order valence-corrected chi connectivity index (χ3v) is 3.50. The van der Waals surface area contributed by atoms with Crippen LogP contribution in [0, 0.1) is 6.92 Å². The average Bonchev–Trinajstić information content (AvgIpc) is 2.76. The number of benzene rings is 1. The standard InChI is InChI=1S/C13H17N3S/c1-10-9-17-13(16-10)15-8-7-12(14)11-5-3-2-4-6-11/h2-6,9,12H,7-8,14H2,1H3,(H,15,16). The van der Waals surface area contributed by atoms with Gasteiger partial charge in [-0.25, -0.2) is 4.98 Å². The highest BCUT2D eigenvalue weighted by Gasteiger charge is 2.05. The van der Waals surface area contributed by atoms with Crippen LogP contribution < -0.4 is 11.1 Å². The summed E-state index contributed by atoms with van der Waals surface area (Å²) in [4.78, 5) is 4.35. The second-order valence-corrected chi connectivity index (χ2v) is 4.88. The number of aryl methyl sites for hydroxylation is 1. The number of aromatic nitrogens is 1. The molecule has 1 aromatic carbocycles. The van der Waals surface area contributed by atoms with Crippen molar-refractivity contribution in [2.24, 2.45) is 5.73 Å². The van der Waals surface area contributed by atoms with Gasteiger partial charge in [0.1, 0.15) is 0 Å². The first-order valence-electron chi connectivity index (χ1n) is 5.72. The molecule has 17 heavy (non-hydrogen) atoms. The van der Waals surface area contributed by atoms with Crippen molar-refractivity contribution in [3.8, 4) is 0 Å². The number of nitrogens with zero attached hydrogens (tertiary/aromatic N) is 1. The maximum absolute atomic E-state index is 6.11. The molecule has 0 fully saturated rings. The Bertz CT molecular complexity index is 453. The number of nitrogens with one attached hydrogen (secondary N) is 1. The molecule has 90 valence electrons. The van der Waals surface area contributed by atoms with Gasteiger partial charge in [0.25, 0.3) is 0 Å². The number of hydrogen-bond donors (Lipinski definition) is 2. The number of thiazole rings is 1. The van der Waals surface area contributed by atoms with E-state index >= 15 is 0 Å². The van der Waals surface area contributed by atoms with Crippen molar-refractivity contribution in [1.82, 2.24) is 4.98 Å². The molecule has 0 amide bonds. The highest BCUT2D eigenvalue weighted by molar-refractivity contribution is 7.13. The Morgan fingerprint density at radius 2 is 2.12 bits per heavy atom. The molecular weight excluding hydrogens is 230 g/mol. The Morgan fingerprint density at radius 1 is 1.35 bits per heavy atom. The van der Waals surface area contributed by atoms with Gasteiger partial charge >= 0.3 is 0 Å². The highest BCUT2D eigenvalue weighted by Crippen LogP contribution is 2.16. The molecule has 0 radical (unpaired) electrons. The smallest absolute Gasteiger partial charge is 0.182 e. The summed E-state index contributed by atoms with van der Waals surface area (Å²) in [5.41, 5.74) is 8.35. The van der Waals surface area contributed by atoms with E-state index in [1.807, 2.05) is 30.5 Å². The minimum atomic E-state index is 0.0877. The summed E-state index contributed by atoms with van der Waals surface area (Å²) in [6.07, 6.45) is 0.905. The molecule has 0 saturated carbocycles. The van der Waals surface area contributed by atoms with E-state index in [9.17, 15) is 0 Å². The van der Waals surface area contributed by atoms with Crippen LogP contribution in [0.15, 0.2) is 35.7 Å². The van der Waals surface area contributed by atoms with Crippen molar-refractivity contribution in [1.29, 1.82) is 0 Å². The molecule has 2 rings (SSSR count). The molecule has 3 nitrogen and oxygen atoms in total. The van der Waals surface area contributed by atoms with Crippen LogP contribution in [0.25, 0.3) is 0 Å². The summed E-state index contributed by atoms with van der Waals surface area (Å²) in [7, 11) is 0. The molecule has 0 saturated heterocycles. The second-order valence-electron chi connectivity index (χ2n) is 4.03. The van der Waals surface area contributed by atoms with E-state index in [1.165, 1.54) is 5.56 Å². The highest BCUT2D eigenvalue weighted by atomic mass is 32.1. The zero-order valence-corrected chi connectivity index (χ0v) is 10.7. The molecule has 0 aliphatic heterocycles. The first-order chi connectivity index (χ1) is 8.25. The first kappa shape index (κ1) is 12.1. The maximum Gasteiger partial charge on any atom is 0.182 e. The fraction of sp³-hybridized carbons (Fsp3) is 0.308. The normalized spacial score (nSPS) is 12.4. The monoisotopic (exact) mass is 247 g/mol. The molecule has 0 aliphatic carbocycles. The van der Waals surface area contributed by atoms with E-state index in [0.717, 1.165) is 23.8 Å². The summed E-state index contributed by atoms with van der Waals surface area (Å²) in [6.45, 7) is 2.85. The average molecular weight is 247 g/mol. The summed E-state index contributed by atoms with van der Waals surface area (Å²) in [6, 6.07) is 10.3. The van der Waals surface area contributed by atoms with Crippen LogP contribution in [0.4, 0.5) is 5.13 Å². The SMILES string of the molecule is Cc1csc(NCCC(N)c2ccccc2)n1. The number of hydrogen-bond acceptors (Lipinski definition) is 4. The van der Waals surface area contributed by atoms with Crippen molar-refractivity contribution < 1.29 is 0 Å². The summed E-state index contributed by atoms with van der Waals surface area (Å²) in [5.74, 6) is 0. The van der Waals surface area contributed by atoms with Crippen molar-refractivity contribution in [2.45, 2.75) is 19.4 Å². The largest absolute Gasteiger partial charge is 0.361 e. The Morgan fingerprint density at radius 3 is 2.76 bits per heavy atom. The molecule has 1 atom stereocenters. The third-order valence-electron chi connectivity index (χ3n) is 2.58. The van der Waals surface area contributed by atoms with Crippen LogP contribution in [0.1, 0.15) is 23.7 Å². The quantitative estimate of drug-likeness (QED) is 0.854. The second kappa shape index (κ2) is 5.80.